The Hall–Kier alpha value is -1.76. The lowest BCUT2D eigenvalue weighted by atomic mass is 10.2. The third-order valence-corrected chi connectivity index (χ3v) is 4.08. The fraction of sp³-hybridized carbons (Fsp3) is 0.273. The summed E-state index contributed by atoms with van der Waals surface area (Å²) in [5.74, 6) is -0.533. The number of carbonyl (C=O) groups is 1. The maximum absolute atomic E-state index is 13.2. The fourth-order valence-corrected chi connectivity index (χ4v) is 3.38. The quantitative estimate of drug-likeness (QED) is 0.687. The number of carboxylic acid groups (broad SMARTS) is 1. The standard InChI is InChI=1S/C11H9FN2O3S/c12-13-2-1-7-6(5-13)9(15)8(11(16)17)10-14(7)3-4-18-10/h1,5H,2-4H2,(H,16,17). The van der Waals surface area contributed by atoms with Gasteiger partial charge in [0.05, 0.1) is 22.1 Å². The summed E-state index contributed by atoms with van der Waals surface area (Å²) in [4.78, 5) is 23.3. The Bertz CT molecular complexity index is 725. The van der Waals surface area contributed by atoms with Gasteiger partial charge >= 0.3 is 5.97 Å². The molecule has 0 spiro atoms. The van der Waals surface area contributed by atoms with Crippen LogP contribution in [0.15, 0.2) is 9.82 Å². The van der Waals surface area contributed by atoms with Crippen molar-refractivity contribution in [1.29, 1.82) is 0 Å². The minimum Gasteiger partial charge on any atom is -0.477 e. The number of aromatic carboxylic acids is 1. The van der Waals surface area contributed by atoms with Crippen LogP contribution in [0.25, 0.3) is 12.3 Å². The van der Waals surface area contributed by atoms with Crippen molar-refractivity contribution in [3.8, 4) is 0 Å². The zero-order chi connectivity index (χ0) is 12.9. The van der Waals surface area contributed by atoms with Crippen molar-refractivity contribution in [3.05, 3.63) is 26.4 Å². The lowest BCUT2D eigenvalue weighted by molar-refractivity contribution is 0.0689. The van der Waals surface area contributed by atoms with E-state index in [0.29, 0.717) is 22.0 Å². The first-order valence-corrected chi connectivity index (χ1v) is 6.35. The predicted octanol–water partition coefficient (Wildman–Crippen LogP) is -0.629. The van der Waals surface area contributed by atoms with Crippen LogP contribution >= 0.6 is 11.8 Å². The van der Waals surface area contributed by atoms with Gasteiger partial charge in [-0.15, -0.1) is 16.2 Å². The zero-order valence-electron chi connectivity index (χ0n) is 9.22. The first-order valence-electron chi connectivity index (χ1n) is 5.37. The number of pyridine rings is 1. The van der Waals surface area contributed by atoms with Gasteiger partial charge in [0.1, 0.15) is 5.56 Å². The van der Waals surface area contributed by atoms with Gasteiger partial charge in [-0.25, -0.2) is 9.92 Å². The van der Waals surface area contributed by atoms with Crippen LogP contribution in [-0.2, 0) is 6.54 Å². The van der Waals surface area contributed by atoms with Crippen LogP contribution in [0.5, 0.6) is 0 Å². The van der Waals surface area contributed by atoms with Gasteiger partial charge in [-0.05, 0) is 6.08 Å². The zero-order valence-corrected chi connectivity index (χ0v) is 10.0. The number of hydrogen-bond donors (Lipinski definition) is 1. The van der Waals surface area contributed by atoms with Crippen LogP contribution in [0.2, 0.25) is 0 Å². The average Bonchev–Trinajstić information content (AvgIpc) is 2.77. The summed E-state index contributed by atoms with van der Waals surface area (Å²) in [6, 6.07) is 0. The van der Waals surface area contributed by atoms with E-state index in [9.17, 15) is 14.1 Å². The molecule has 0 unspecified atom stereocenters. The molecule has 0 amide bonds. The van der Waals surface area contributed by atoms with Gasteiger partial charge in [0.25, 0.3) is 0 Å². The Labute approximate surface area is 105 Å². The molecule has 0 aliphatic carbocycles. The maximum atomic E-state index is 13.2. The number of thioether (sulfide) groups is 1. The summed E-state index contributed by atoms with van der Waals surface area (Å²) in [7, 11) is 0. The maximum Gasteiger partial charge on any atom is 0.342 e. The normalized spacial score (nSPS) is 16.6. The SMILES string of the molecule is O=C(O)c1c2n(c3c(c1=O)=CN(F)CC=3)CCS2. The molecule has 0 radical (unpaired) electrons. The molecule has 0 atom stereocenters. The Kier molecular flexibility index (Phi) is 2.44. The summed E-state index contributed by atoms with van der Waals surface area (Å²) in [6.45, 7) is 0.711. The molecule has 0 bridgehead atoms. The van der Waals surface area contributed by atoms with Crippen molar-refractivity contribution < 1.29 is 14.4 Å². The summed E-state index contributed by atoms with van der Waals surface area (Å²) < 4.78 is 15.0. The second-order valence-electron chi connectivity index (χ2n) is 4.03. The first-order chi connectivity index (χ1) is 8.59. The van der Waals surface area contributed by atoms with Crippen LogP contribution in [0.4, 0.5) is 4.48 Å². The first kappa shape index (κ1) is 11.3. The van der Waals surface area contributed by atoms with Gasteiger partial charge in [-0.1, -0.05) is 0 Å². The second kappa shape index (κ2) is 3.88. The van der Waals surface area contributed by atoms with Crippen molar-refractivity contribution in [1.82, 2.24) is 9.69 Å². The van der Waals surface area contributed by atoms with E-state index in [1.54, 1.807) is 10.6 Å². The van der Waals surface area contributed by atoms with Gasteiger partial charge in [-0.2, -0.15) is 0 Å². The van der Waals surface area contributed by atoms with Crippen molar-refractivity contribution >= 4 is 30.0 Å². The highest BCUT2D eigenvalue weighted by molar-refractivity contribution is 7.99. The van der Waals surface area contributed by atoms with E-state index >= 15 is 0 Å². The molecule has 3 rings (SSSR count). The molecule has 18 heavy (non-hydrogen) atoms. The molecule has 3 heterocycles. The summed E-state index contributed by atoms with van der Waals surface area (Å²) in [5.41, 5.74) is -0.868. The van der Waals surface area contributed by atoms with Gasteiger partial charge in [0.15, 0.2) is 0 Å². The molecular weight excluding hydrogens is 259 g/mol. The number of hydrogen-bond acceptors (Lipinski definition) is 4. The summed E-state index contributed by atoms with van der Waals surface area (Å²) in [6.07, 6.45) is 2.68. The Morgan fingerprint density at radius 2 is 2.28 bits per heavy atom. The van der Waals surface area contributed by atoms with Gasteiger partial charge in [-0.3, -0.25) is 4.79 Å². The number of fused-ring (bicyclic) bond motifs is 3. The summed E-state index contributed by atoms with van der Waals surface area (Å²) >= 11 is 1.35. The topological polar surface area (TPSA) is 62.5 Å². The molecule has 0 aromatic carbocycles. The molecule has 0 saturated heterocycles. The number of aromatic nitrogens is 1. The molecular formula is C11H9FN2O3S. The lowest BCUT2D eigenvalue weighted by Crippen LogP contribution is -2.51. The van der Waals surface area contributed by atoms with Crippen molar-refractivity contribution in [3.63, 3.8) is 0 Å². The molecule has 7 heteroatoms. The molecule has 5 nitrogen and oxygen atoms in total. The van der Waals surface area contributed by atoms with Crippen LogP contribution in [-0.4, -0.2) is 33.1 Å². The van der Waals surface area contributed by atoms with Gasteiger partial charge in [0.2, 0.25) is 5.43 Å². The van der Waals surface area contributed by atoms with E-state index in [2.05, 4.69) is 0 Å². The second-order valence-corrected chi connectivity index (χ2v) is 5.11. The Morgan fingerprint density at radius 3 is 3.00 bits per heavy atom. The monoisotopic (exact) mass is 268 g/mol. The van der Waals surface area contributed by atoms with Crippen LogP contribution < -0.4 is 16.0 Å². The van der Waals surface area contributed by atoms with E-state index in [-0.39, 0.29) is 17.3 Å². The molecule has 2 aliphatic rings. The van der Waals surface area contributed by atoms with E-state index in [0.717, 1.165) is 12.0 Å². The molecule has 1 N–H and O–H groups in total. The average molecular weight is 268 g/mol. The molecule has 1 aromatic heterocycles. The molecule has 1 aromatic rings. The van der Waals surface area contributed by atoms with E-state index in [1.807, 2.05) is 0 Å². The molecule has 94 valence electrons. The highest BCUT2D eigenvalue weighted by Crippen LogP contribution is 2.25. The minimum absolute atomic E-state index is 0.0724. The van der Waals surface area contributed by atoms with Crippen molar-refractivity contribution in [2.75, 3.05) is 12.3 Å². The fourth-order valence-electron chi connectivity index (χ4n) is 2.24. The third kappa shape index (κ3) is 1.47. The smallest absolute Gasteiger partial charge is 0.342 e. The minimum atomic E-state index is -1.26. The molecule has 0 fully saturated rings. The van der Waals surface area contributed by atoms with Gasteiger partial charge in [0, 0.05) is 18.5 Å². The van der Waals surface area contributed by atoms with Crippen molar-refractivity contribution in [2.24, 2.45) is 0 Å². The highest BCUT2D eigenvalue weighted by atomic mass is 32.2. The number of carboxylic acids is 1. The van der Waals surface area contributed by atoms with Crippen LogP contribution in [0, 0.1) is 0 Å². The molecule has 0 saturated carbocycles. The number of nitrogens with zero attached hydrogens (tertiary/aromatic N) is 2. The van der Waals surface area contributed by atoms with Crippen LogP contribution in [0.1, 0.15) is 10.4 Å². The van der Waals surface area contributed by atoms with E-state index in [4.69, 9.17) is 5.11 Å². The third-order valence-electron chi connectivity index (χ3n) is 2.99. The Morgan fingerprint density at radius 1 is 1.50 bits per heavy atom. The van der Waals surface area contributed by atoms with Crippen molar-refractivity contribution in [2.45, 2.75) is 11.6 Å². The lowest BCUT2D eigenvalue weighted by Gasteiger charge is -2.14. The van der Waals surface area contributed by atoms with Gasteiger partial charge < -0.3 is 9.67 Å². The molecule has 2 aliphatic heterocycles. The summed E-state index contributed by atoms with van der Waals surface area (Å²) in [5, 5.41) is 10.7. The Balaban J connectivity index is 2.52. The van der Waals surface area contributed by atoms with Crippen LogP contribution in [0.3, 0.4) is 0 Å². The number of rotatable bonds is 1. The van der Waals surface area contributed by atoms with E-state index in [1.165, 1.54) is 11.8 Å². The largest absolute Gasteiger partial charge is 0.477 e. The van der Waals surface area contributed by atoms with E-state index < -0.39 is 11.4 Å². The highest BCUT2D eigenvalue weighted by Gasteiger charge is 2.25. The predicted molar refractivity (Wildman–Crippen MR) is 64.4 cm³/mol. The number of halogens is 1.